The van der Waals surface area contributed by atoms with Gasteiger partial charge in [0.15, 0.2) is 0 Å². The third-order valence-electron chi connectivity index (χ3n) is 3.91. The lowest BCUT2D eigenvalue weighted by Gasteiger charge is -2.11. The van der Waals surface area contributed by atoms with Crippen molar-refractivity contribution in [3.63, 3.8) is 0 Å². The van der Waals surface area contributed by atoms with Crippen molar-refractivity contribution in [1.29, 1.82) is 0 Å². The number of furan rings is 1. The Balaban J connectivity index is 1.91. The van der Waals surface area contributed by atoms with E-state index in [2.05, 4.69) is 5.32 Å². The van der Waals surface area contributed by atoms with Gasteiger partial charge in [0.1, 0.15) is 23.9 Å². The van der Waals surface area contributed by atoms with E-state index in [1.54, 1.807) is 49.6 Å². The van der Waals surface area contributed by atoms with Crippen LogP contribution in [0.4, 0.5) is 5.69 Å². The van der Waals surface area contributed by atoms with Crippen molar-refractivity contribution in [2.75, 3.05) is 12.4 Å². The van der Waals surface area contributed by atoms with Gasteiger partial charge in [-0.1, -0.05) is 17.7 Å². The van der Waals surface area contributed by atoms with Crippen LogP contribution in [-0.4, -0.2) is 18.1 Å². The monoisotopic (exact) mass is 371 g/mol. The number of methoxy groups -OCH3 is 1. The van der Waals surface area contributed by atoms with Crippen molar-refractivity contribution >= 4 is 23.2 Å². The highest BCUT2D eigenvalue weighted by Crippen LogP contribution is 2.34. The standard InChI is InChI=1S/C20H18ClNO4/c1-12-3-6-15(17(21)9-12)20(24)22-13-4-7-18(25-2)16(10-13)19-8-5-14(11-23)26-19/h3-10,23H,11H2,1-2H3,(H,22,24). The molecule has 0 saturated carbocycles. The summed E-state index contributed by atoms with van der Waals surface area (Å²) in [6.07, 6.45) is 0. The Hall–Kier alpha value is -2.76. The van der Waals surface area contributed by atoms with E-state index in [1.165, 1.54) is 0 Å². The van der Waals surface area contributed by atoms with Gasteiger partial charge in [-0.15, -0.1) is 0 Å². The molecule has 1 aromatic heterocycles. The number of nitrogens with one attached hydrogen (secondary N) is 1. The summed E-state index contributed by atoms with van der Waals surface area (Å²) in [6, 6.07) is 13.9. The highest BCUT2D eigenvalue weighted by Gasteiger charge is 2.14. The molecule has 134 valence electrons. The number of hydrogen-bond donors (Lipinski definition) is 2. The molecule has 0 aliphatic rings. The third kappa shape index (κ3) is 3.74. The van der Waals surface area contributed by atoms with Crippen LogP contribution in [0.3, 0.4) is 0 Å². The molecule has 3 aromatic rings. The zero-order valence-electron chi connectivity index (χ0n) is 14.4. The lowest BCUT2D eigenvalue weighted by atomic mass is 10.1. The normalized spacial score (nSPS) is 10.6. The molecular weight excluding hydrogens is 354 g/mol. The summed E-state index contributed by atoms with van der Waals surface area (Å²) in [5, 5.41) is 12.4. The minimum atomic E-state index is -0.304. The number of ether oxygens (including phenoxy) is 1. The van der Waals surface area contributed by atoms with Crippen LogP contribution in [0.5, 0.6) is 5.75 Å². The fraction of sp³-hybridized carbons (Fsp3) is 0.150. The summed E-state index contributed by atoms with van der Waals surface area (Å²) in [5.41, 5.74) is 2.62. The van der Waals surface area contributed by atoms with E-state index >= 15 is 0 Å². The van der Waals surface area contributed by atoms with E-state index in [0.29, 0.717) is 39.1 Å². The summed E-state index contributed by atoms with van der Waals surface area (Å²) < 4.78 is 10.9. The first-order chi connectivity index (χ1) is 12.5. The summed E-state index contributed by atoms with van der Waals surface area (Å²) >= 11 is 6.16. The molecule has 0 unspecified atom stereocenters. The lowest BCUT2D eigenvalue weighted by Crippen LogP contribution is -2.12. The van der Waals surface area contributed by atoms with E-state index in [1.807, 2.05) is 13.0 Å². The molecule has 3 rings (SSSR count). The molecule has 0 bridgehead atoms. The smallest absolute Gasteiger partial charge is 0.257 e. The first kappa shape index (κ1) is 18.0. The molecule has 26 heavy (non-hydrogen) atoms. The number of amides is 1. The maximum absolute atomic E-state index is 12.5. The number of carbonyl (C=O) groups excluding carboxylic acids is 1. The Kier molecular flexibility index (Phi) is 5.30. The molecular formula is C20H18ClNO4. The van der Waals surface area contributed by atoms with Gasteiger partial charge in [-0.05, 0) is 55.0 Å². The summed E-state index contributed by atoms with van der Waals surface area (Å²) in [5.74, 6) is 1.27. The number of hydrogen-bond acceptors (Lipinski definition) is 4. The minimum absolute atomic E-state index is 0.190. The first-order valence-electron chi connectivity index (χ1n) is 7.97. The van der Waals surface area contributed by atoms with Crippen LogP contribution < -0.4 is 10.1 Å². The van der Waals surface area contributed by atoms with Gasteiger partial charge in [0.25, 0.3) is 5.91 Å². The number of benzene rings is 2. The fourth-order valence-electron chi connectivity index (χ4n) is 2.59. The molecule has 0 aliphatic heterocycles. The van der Waals surface area contributed by atoms with Gasteiger partial charge in [0.05, 0.1) is 23.3 Å². The number of aliphatic hydroxyl groups excluding tert-OH is 1. The molecule has 5 nitrogen and oxygen atoms in total. The molecule has 0 saturated heterocycles. The molecule has 1 heterocycles. The molecule has 0 spiro atoms. The van der Waals surface area contributed by atoms with Crippen LogP contribution in [0.2, 0.25) is 5.02 Å². The van der Waals surface area contributed by atoms with Crippen molar-refractivity contribution in [2.45, 2.75) is 13.5 Å². The second-order valence-corrected chi connectivity index (χ2v) is 6.18. The molecule has 1 amide bonds. The Morgan fingerprint density at radius 3 is 2.65 bits per heavy atom. The van der Waals surface area contributed by atoms with Gasteiger partial charge in [0.2, 0.25) is 0 Å². The quantitative estimate of drug-likeness (QED) is 0.684. The van der Waals surface area contributed by atoms with Gasteiger partial charge in [-0.2, -0.15) is 0 Å². The highest BCUT2D eigenvalue weighted by molar-refractivity contribution is 6.34. The third-order valence-corrected chi connectivity index (χ3v) is 4.22. The Morgan fingerprint density at radius 2 is 2.00 bits per heavy atom. The molecule has 0 fully saturated rings. The SMILES string of the molecule is COc1ccc(NC(=O)c2ccc(C)cc2Cl)cc1-c1ccc(CO)o1. The van der Waals surface area contributed by atoms with Gasteiger partial charge in [-0.25, -0.2) is 0 Å². The number of aliphatic hydroxyl groups is 1. The van der Waals surface area contributed by atoms with Crippen LogP contribution in [0.15, 0.2) is 52.9 Å². The van der Waals surface area contributed by atoms with Crippen LogP contribution in [0, 0.1) is 6.92 Å². The maximum Gasteiger partial charge on any atom is 0.257 e. The zero-order valence-corrected chi connectivity index (χ0v) is 15.1. The Bertz CT molecular complexity index is 949. The summed E-state index contributed by atoms with van der Waals surface area (Å²) in [6.45, 7) is 1.72. The summed E-state index contributed by atoms with van der Waals surface area (Å²) in [7, 11) is 1.55. The predicted molar refractivity (Wildman–Crippen MR) is 101 cm³/mol. The second kappa shape index (κ2) is 7.64. The van der Waals surface area contributed by atoms with Crippen molar-refractivity contribution < 1.29 is 19.1 Å². The first-order valence-corrected chi connectivity index (χ1v) is 8.35. The maximum atomic E-state index is 12.5. The number of rotatable bonds is 5. The molecule has 0 radical (unpaired) electrons. The lowest BCUT2D eigenvalue weighted by molar-refractivity contribution is 0.102. The molecule has 6 heteroatoms. The van der Waals surface area contributed by atoms with Crippen LogP contribution >= 0.6 is 11.6 Å². The van der Waals surface area contributed by atoms with Gasteiger partial charge >= 0.3 is 0 Å². The van der Waals surface area contributed by atoms with E-state index in [9.17, 15) is 9.90 Å². The van der Waals surface area contributed by atoms with E-state index in [4.69, 9.17) is 20.8 Å². The number of aryl methyl sites for hydroxylation is 1. The van der Waals surface area contributed by atoms with E-state index in [0.717, 1.165) is 5.56 Å². The number of carbonyl (C=O) groups is 1. The molecule has 0 aliphatic carbocycles. The Labute approximate surface area is 156 Å². The summed E-state index contributed by atoms with van der Waals surface area (Å²) in [4.78, 5) is 12.5. The van der Waals surface area contributed by atoms with Crippen molar-refractivity contribution in [1.82, 2.24) is 0 Å². The fourth-order valence-corrected chi connectivity index (χ4v) is 2.91. The van der Waals surface area contributed by atoms with Gasteiger partial charge < -0.3 is 19.6 Å². The van der Waals surface area contributed by atoms with E-state index in [-0.39, 0.29) is 12.5 Å². The van der Waals surface area contributed by atoms with Crippen LogP contribution in [0.25, 0.3) is 11.3 Å². The topological polar surface area (TPSA) is 71.7 Å². The molecule has 0 atom stereocenters. The largest absolute Gasteiger partial charge is 0.496 e. The van der Waals surface area contributed by atoms with Crippen molar-refractivity contribution in [3.8, 4) is 17.1 Å². The number of anilines is 1. The molecule has 2 aromatic carbocycles. The van der Waals surface area contributed by atoms with Crippen LogP contribution in [-0.2, 0) is 6.61 Å². The minimum Gasteiger partial charge on any atom is -0.496 e. The molecule has 2 N–H and O–H groups in total. The van der Waals surface area contributed by atoms with Crippen LogP contribution in [0.1, 0.15) is 21.7 Å². The van der Waals surface area contributed by atoms with Gasteiger partial charge in [0, 0.05) is 5.69 Å². The van der Waals surface area contributed by atoms with Crippen molar-refractivity contribution in [2.24, 2.45) is 0 Å². The average Bonchev–Trinajstić information content (AvgIpc) is 3.10. The highest BCUT2D eigenvalue weighted by atomic mass is 35.5. The van der Waals surface area contributed by atoms with E-state index < -0.39 is 0 Å². The zero-order chi connectivity index (χ0) is 18.7. The number of halogens is 1. The second-order valence-electron chi connectivity index (χ2n) is 5.78. The van der Waals surface area contributed by atoms with Gasteiger partial charge in [-0.3, -0.25) is 4.79 Å². The van der Waals surface area contributed by atoms with Crippen molar-refractivity contribution in [3.05, 3.63) is 70.4 Å². The Morgan fingerprint density at radius 1 is 1.19 bits per heavy atom. The average molecular weight is 372 g/mol. The predicted octanol–water partition coefficient (Wildman–Crippen LogP) is 4.66.